The Labute approximate surface area is 123 Å². The molecule has 2 heterocycles. The number of carbonyl (C=O) groups is 1. The highest BCUT2D eigenvalue weighted by Crippen LogP contribution is 2.26. The zero-order valence-corrected chi connectivity index (χ0v) is 12.4. The van der Waals surface area contributed by atoms with Gasteiger partial charge in [-0.1, -0.05) is 18.2 Å². The molecule has 0 saturated carbocycles. The van der Waals surface area contributed by atoms with Crippen molar-refractivity contribution >= 4 is 17.2 Å². The van der Waals surface area contributed by atoms with Gasteiger partial charge in [-0.05, 0) is 31.4 Å². The normalized spacial score (nSPS) is 15.7. The smallest absolute Gasteiger partial charge is 0.222 e. The van der Waals surface area contributed by atoms with Gasteiger partial charge in [0.25, 0.3) is 0 Å². The summed E-state index contributed by atoms with van der Waals surface area (Å²) in [5.74, 6) is 0.284. The zero-order chi connectivity index (χ0) is 13.9. The minimum atomic E-state index is 0.284. The number of rotatable bonds is 3. The van der Waals surface area contributed by atoms with Gasteiger partial charge in [0.05, 0.1) is 0 Å². The fourth-order valence-corrected chi connectivity index (χ4v) is 3.30. The minimum Gasteiger partial charge on any atom is -0.338 e. The van der Waals surface area contributed by atoms with Gasteiger partial charge < -0.3 is 4.90 Å². The SMILES string of the molecule is Cc1cnc(-c2cccc(CN3CCCCC3=O)c2)s1. The van der Waals surface area contributed by atoms with Crippen LogP contribution in [0.15, 0.2) is 30.5 Å². The van der Waals surface area contributed by atoms with Gasteiger partial charge in [-0.25, -0.2) is 4.98 Å². The largest absolute Gasteiger partial charge is 0.338 e. The van der Waals surface area contributed by atoms with Crippen LogP contribution in [0.25, 0.3) is 10.6 Å². The fraction of sp³-hybridized carbons (Fsp3) is 0.375. The van der Waals surface area contributed by atoms with E-state index in [1.807, 2.05) is 11.1 Å². The minimum absolute atomic E-state index is 0.284. The molecule has 3 rings (SSSR count). The first kappa shape index (κ1) is 13.3. The molecule has 0 aliphatic carbocycles. The number of benzene rings is 1. The second-order valence-corrected chi connectivity index (χ2v) is 6.48. The molecular formula is C16H18N2OS. The topological polar surface area (TPSA) is 33.2 Å². The third-order valence-electron chi connectivity index (χ3n) is 3.59. The Bertz CT molecular complexity index is 620. The quantitative estimate of drug-likeness (QED) is 0.863. The van der Waals surface area contributed by atoms with E-state index in [1.165, 1.54) is 10.4 Å². The van der Waals surface area contributed by atoms with Crippen molar-refractivity contribution in [1.82, 2.24) is 9.88 Å². The molecule has 0 unspecified atom stereocenters. The monoisotopic (exact) mass is 286 g/mol. The average Bonchev–Trinajstić information content (AvgIpc) is 2.89. The van der Waals surface area contributed by atoms with Crippen molar-refractivity contribution in [2.75, 3.05) is 6.54 Å². The second-order valence-electron chi connectivity index (χ2n) is 5.25. The van der Waals surface area contributed by atoms with Crippen LogP contribution in [-0.4, -0.2) is 22.3 Å². The van der Waals surface area contributed by atoms with E-state index < -0.39 is 0 Å². The lowest BCUT2D eigenvalue weighted by molar-refractivity contribution is -0.133. The van der Waals surface area contributed by atoms with E-state index in [1.54, 1.807) is 11.3 Å². The number of nitrogens with zero attached hydrogens (tertiary/aromatic N) is 2. The summed E-state index contributed by atoms with van der Waals surface area (Å²) < 4.78 is 0. The van der Waals surface area contributed by atoms with Crippen LogP contribution in [0.1, 0.15) is 29.7 Å². The predicted octanol–water partition coefficient (Wildman–Crippen LogP) is 3.63. The predicted molar refractivity (Wildman–Crippen MR) is 81.6 cm³/mol. The number of piperidine rings is 1. The molecule has 1 fully saturated rings. The number of carbonyl (C=O) groups excluding carboxylic acids is 1. The molecule has 1 saturated heterocycles. The summed E-state index contributed by atoms with van der Waals surface area (Å²) in [5.41, 5.74) is 2.33. The molecule has 20 heavy (non-hydrogen) atoms. The van der Waals surface area contributed by atoms with Gasteiger partial charge >= 0.3 is 0 Å². The van der Waals surface area contributed by atoms with Crippen LogP contribution in [0, 0.1) is 6.92 Å². The summed E-state index contributed by atoms with van der Waals surface area (Å²) in [6.45, 7) is 3.67. The van der Waals surface area contributed by atoms with Gasteiger partial charge in [-0.15, -0.1) is 11.3 Å². The van der Waals surface area contributed by atoms with Crippen LogP contribution >= 0.6 is 11.3 Å². The fourth-order valence-electron chi connectivity index (χ4n) is 2.54. The lowest BCUT2D eigenvalue weighted by Gasteiger charge is -2.26. The molecule has 1 aliphatic heterocycles. The lowest BCUT2D eigenvalue weighted by atomic mass is 10.1. The molecule has 0 bridgehead atoms. The van der Waals surface area contributed by atoms with Crippen molar-refractivity contribution < 1.29 is 4.79 Å². The van der Waals surface area contributed by atoms with Crippen molar-refractivity contribution in [2.45, 2.75) is 32.7 Å². The highest BCUT2D eigenvalue weighted by molar-refractivity contribution is 7.14. The molecule has 1 aromatic heterocycles. The van der Waals surface area contributed by atoms with E-state index in [-0.39, 0.29) is 5.91 Å². The van der Waals surface area contributed by atoms with Crippen molar-refractivity contribution in [3.63, 3.8) is 0 Å². The highest BCUT2D eigenvalue weighted by Gasteiger charge is 2.18. The summed E-state index contributed by atoms with van der Waals surface area (Å²) in [6, 6.07) is 8.38. The third kappa shape index (κ3) is 2.90. The first-order valence-electron chi connectivity index (χ1n) is 7.02. The number of aromatic nitrogens is 1. The maximum atomic E-state index is 11.9. The van der Waals surface area contributed by atoms with Gasteiger partial charge in [-0.2, -0.15) is 0 Å². The molecule has 0 radical (unpaired) electrons. The zero-order valence-electron chi connectivity index (χ0n) is 11.6. The van der Waals surface area contributed by atoms with E-state index in [9.17, 15) is 4.79 Å². The molecule has 0 spiro atoms. The summed E-state index contributed by atoms with van der Waals surface area (Å²) in [4.78, 5) is 19.5. The van der Waals surface area contributed by atoms with Gasteiger partial charge in [0.2, 0.25) is 5.91 Å². The summed E-state index contributed by atoms with van der Waals surface area (Å²) in [6.07, 6.45) is 4.76. The van der Waals surface area contributed by atoms with Crippen molar-refractivity contribution in [3.8, 4) is 10.6 Å². The molecular weight excluding hydrogens is 268 g/mol. The summed E-state index contributed by atoms with van der Waals surface area (Å²) in [7, 11) is 0. The molecule has 2 aromatic rings. The molecule has 1 aromatic carbocycles. The first-order chi connectivity index (χ1) is 9.72. The van der Waals surface area contributed by atoms with Crippen LogP contribution < -0.4 is 0 Å². The van der Waals surface area contributed by atoms with E-state index in [0.29, 0.717) is 6.42 Å². The number of aryl methyl sites for hydroxylation is 1. The van der Waals surface area contributed by atoms with Gasteiger partial charge in [0.1, 0.15) is 5.01 Å². The Balaban J connectivity index is 1.79. The van der Waals surface area contributed by atoms with Crippen LogP contribution in [-0.2, 0) is 11.3 Å². The number of hydrogen-bond acceptors (Lipinski definition) is 3. The molecule has 4 heteroatoms. The number of thiazole rings is 1. The van der Waals surface area contributed by atoms with Crippen LogP contribution in [0.5, 0.6) is 0 Å². The van der Waals surface area contributed by atoms with Crippen LogP contribution in [0.4, 0.5) is 0 Å². The van der Waals surface area contributed by atoms with E-state index in [0.717, 1.165) is 36.5 Å². The summed E-state index contributed by atoms with van der Waals surface area (Å²) >= 11 is 1.70. The van der Waals surface area contributed by atoms with E-state index in [2.05, 4.69) is 36.2 Å². The lowest BCUT2D eigenvalue weighted by Crippen LogP contribution is -2.34. The molecule has 0 atom stereocenters. The highest BCUT2D eigenvalue weighted by atomic mass is 32.1. The van der Waals surface area contributed by atoms with Crippen LogP contribution in [0.3, 0.4) is 0 Å². The Kier molecular flexibility index (Phi) is 3.83. The standard InChI is InChI=1S/C16H18N2OS/c1-12-10-17-16(20-12)14-6-4-5-13(9-14)11-18-8-3-2-7-15(18)19/h4-6,9-10H,2-3,7-8,11H2,1H3. The molecule has 1 amide bonds. The summed E-state index contributed by atoms with van der Waals surface area (Å²) in [5, 5.41) is 1.05. The van der Waals surface area contributed by atoms with Gasteiger partial charge in [0, 0.05) is 36.1 Å². The molecule has 3 nitrogen and oxygen atoms in total. The Morgan fingerprint density at radius 3 is 3.00 bits per heavy atom. The van der Waals surface area contributed by atoms with E-state index in [4.69, 9.17) is 0 Å². The number of amides is 1. The molecule has 1 aliphatic rings. The third-order valence-corrected chi connectivity index (χ3v) is 4.55. The Morgan fingerprint density at radius 2 is 2.25 bits per heavy atom. The second kappa shape index (κ2) is 5.75. The number of likely N-dealkylation sites (tertiary alicyclic amines) is 1. The molecule has 104 valence electrons. The maximum absolute atomic E-state index is 11.9. The van der Waals surface area contributed by atoms with Crippen molar-refractivity contribution in [1.29, 1.82) is 0 Å². The van der Waals surface area contributed by atoms with Crippen LogP contribution in [0.2, 0.25) is 0 Å². The number of hydrogen-bond donors (Lipinski definition) is 0. The molecule has 0 N–H and O–H groups in total. The van der Waals surface area contributed by atoms with Gasteiger partial charge in [-0.3, -0.25) is 4.79 Å². The average molecular weight is 286 g/mol. The van der Waals surface area contributed by atoms with E-state index >= 15 is 0 Å². The van der Waals surface area contributed by atoms with Gasteiger partial charge in [0.15, 0.2) is 0 Å². The van der Waals surface area contributed by atoms with Crippen molar-refractivity contribution in [3.05, 3.63) is 40.9 Å². The Morgan fingerprint density at radius 1 is 1.35 bits per heavy atom. The Hall–Kier alpha value is -1.68. The van der Waals surface area contributed by atoms with Crippen molar-refractivity contribution in [2.24, 2.45) is 0 Å². The first-order valence-corrected chi connectivity index (χ1v) is 7.83. The maximum Gasteiger partial charge on any atom is 0.222 e.